The smallest absolute Gasteiger partial charge is 0.0252 e. The standard InChI is InChI=1S/C17H26N2S/c1-20-15-9-7-14(8-10-15)13-19-12-3-2-6-17(19)16-5-4-11-18-16/h7-10,16-18H,2-6,11-13H2,1H3. The Labute approximate surface area is 127 Å². The topological polar surface area (TPSA) is 15.3 Å². The van der Waals surface area contributed by atoms with E-state index >= 15 is 0 Å². The van der Waals surface area contributed by atoms with Crippen LogP contribution in [0.3, 0.4) is 0 Å². The van der Waals surface area contributed by atoms with E-state index < -0.39 is 0 Å². The zero-order valence-electron chi connectivity index (χ0n) is 12.5. The van der Waals surface area contributed by atoms with Crippen molar-refractivity contribution in [1.82, 2.24) is 10.2 Å². The second-order valence-electron chi connectivity index (χ2n) is 6.08. The van der Waals surface area contributed by atoms with E-state index in [9.17, 15) is 0 Å². The number of nitrogens with one attached hydrogen (secondary N) is 1. The van der Waals surface area contributed by atoms with Crippen LogP contribution in [0.2, 0.25) is 0 Å². The van der Waals surface area contributed by atoms with Crippen LogP contribution < -0.4 is 5.32 Å². The molecular weight excluding hydrogens is 264 g/mol. The van der Waals surface area contributed by atoms with Gasteiger partial charge in [0.15, 0.2) is 0 Å². The molecule has 0 saturated carbocycles. The van der Waals surface area contributed by atoms with E-state index in [2.05, 4.69) is 40.7 Å². The molecule has 0 bridgehead atoms. The van der Waals surface area contributed by atoms with E-state index in [1.54, 1.807) is 0 Å². The summed E-state index contributed by atoms with van der Waals surface area (Å²) in [6.45, 7) is 3.61. The number of hydrogen-bond acceptors (Lipinski definition) is 3. The van der Waals surface area contributed by atoms with Crippen LogP contribution in [0.5, 0.6) is 0 Å². The van der Waals surface area contributed by atoms with Crippen molar-refractivity contribution in [2.45, 2.75) is 55.6 Å². The van der Waals surface area contributed by atoms with Gasteiger partial charge in [-0.1, -0.05) is 18.6 Å². The Morgan fingerprint density at radius 3 is 2.70 bits per heavy atom. The summed E-state index contributed by atoms with van der Waals surface area (Å²) in [7, 11) is 0. The highest BCUT2D eigenvalue weighted by molar-refractivity contribution is 7.98. The summed E-state index contributed by atoms with van der Waals surface area (Å²) in [5, 5.41) is 3.72. The molecule has 3 heteroatoms. The van der Waals surface area contributed by atoms with Gasteiger partial charge in [0.25, 0.3) is 0 Å². The zero-order valence-corrected chi connectivity index (χ0v) is 13.3. The Morgan fingerprint density at radius 2 is 2.00 bits per heavy atom. The van der Waals surface area contributed by atoms with Crippen molar-refractivity contribution in [3.63, 3.8) is 0 Å². The zero-order chi connectivity index (χ0) is 13.8. The van der Waals surface area contributed by atoms with E-state index in [-0.39, 0.29) is 0 Å². The van der Waals surface area contributed by atoms with Gasteiger partial charge in [0, 0.05) is 23.5 Å². The first-order valence-electron chi connectivity index (χ1n) is 7.97. The third kappa shape index (κ3) is 3.38. The van der Waals surface area contributed by atoms with Crippen LogP contribution in [0.25, 0.3) is 0 Å². The molecule has 3 rings (SSSR count). The minimum Gasteiger partial charge on any atom is -0.312 e. The first kappa shape index (κ1) is 14.4. The molecule has 2 saturated heterocycles. The van der Waals surface area contributed by atoms with Gasteiger partial charge in [-0.3, -0.25) is 4.90 Å². The number of hydrogen-bond donors (Lipinski definition) is 1. The summed E-state index contributed by atoms with van der Waals surface area (Å²) in [6.07, 6.45) is 9.02. The Bertz CT molecular complexity index is 412. The van der Waals surface area contributed by atoms with Gasteiger partial charge in [-0.05, 0) is 62.7 Å². The molecule has 20 heavy (non-hydrogen) atoms. The highest BCUT2D eigenvalue weighted by atomic mass is 32.2. The lowest BCUT2D eigenvalue weighted by Crippen LogP contribution is -2.49. The normalized spacial score (nSPS) is 27.9. The maximum Gasteiger partial charge on any atom is 0.0252 e. The molecule has 1 N–H and O–H groups in total. The Hall–Kier alpha value is -0.510. The molecule has 2 heterocycles. The number of rotatable bonds is 4. The quantitative estimate of drug-likeness (QED) is 0.854. The molecule has 0 amide bonds. The van der Waals surface area contributed by atoms with Crippen LogP contribution in [0.1, 0.15) is 37.7 Å². The van der Waals surface area contributed by atoms with Crippen LogP contribution in [-0.4, -0.2) is 36.3 Å². The summed E-state index contributed by atoms with van der Waals surface area (Å²) in [6, 6.07) is 10.6. The Morgan fingerprint density at radius 1 is 1.15 bits per heavy atom. The molecular formula is C17H26N2S. The first-order valence-corrected chi connectivity index (χ1v) is 9.19. The molecule has 1 aromatic carbocycles. The molecule has 2 fully saturated rings. The van der Waals surface area contributed by atoms with E-state index in [1.165, 1.54) is 55.7 Å². The number of likely N-dealkylation sites (tertiary alicyclic amines) is 1. The van der Waals surface area contributed by atoms with Crippen LogP contribution in [0.15, 0.2) is 29.2 Å². The minimum atomic E-state index is 0.737. The average molecular weight is 290 g/mol. The molecule has 0 aromatic heterocycles. The molecule has 2 unspecified atom stereocenters. The first-order chi connectivity index (χ1) is 9.86. The fourth-order valence-corrected chi connectivity index (χ4v) is 4.08. The fourth-order valence-electron chi connectivity index (χ4n) is 3.67. The molecule has 0 radical (unpaired) electrons. The summed E-state index contributed by atoms with van der Waals surface area (Å²) >= 11 is 1.82. The monoisotopic (exact) mass is 290 g/mol. The number of benzene rings is 1. The number of nitrogens with zero attached hydrogens (tertiary/aromatic N) is 1. The van der Waals surface area contributed by atoms with Crippen LogP contribution >= 0.6 is 11.8 Å². The van der Waals surface area contributed by atoms with Gasteiger partial charge < -0.3 is 5.32 Å². The van der Waals surface area contributed by atoms with Crippen molar-refractivity contribution in [2.24, 2.45) is 0 Å². The van der Waals surface area contributed by atoms with Crippen molar-refractivity contribution < 1.29 is 0 Å². The predicted molar refractivity (Wildman–Crippen MR) is 87.3 cm³/mol. The SMILES string of the molecule is CSc1ccc(CN2CCCCC2C2CCCN2)cc1. The Balaban J connectivity index is 1.66. The van der Waals surface area contributed by atoms with Crippen molar-refractivity contribution in [1.29, 1.82) is 0 Å². The molecule has 110 valence electrons. The van der Waals surface area contributed by atoms with Crippen LogP contribution in [0.4, 0.5) is 0 Å². The summed E-state index contributed by atoms with van der Waals surface area (Å²) in [5.41, 5.74) is 1.47. The van der Waals surface area contributed by atoms with Crippen molar-refractivity contribution in [3.05, 3.63) is 29.8 Å². The van der Waals surface area contributed by atoms with E-state index in [4.69, 9.17) is 0 Å². The maximum atomic E-state index is 3.72. The molecule has 2 nitrogen and oxygen atoms in total. The lowest BCUT2D eigenvalue weighted by molar-refractivity contribution is 0.112. The molecule has 2 atom stereocenters. The summed E-state index contributed by atoms with van der Waals surface area (Å²) in [4.78, 5) is 4.09. The lowest BCUT2D eigenvalue weighted by atomic mass is 9.94. The molecule has 0 spiro atoms. The predicted octanol–water partition coefficient (Wildman–Crippen LogP) is 3.52. The second kappa shape index (κ2) is 6.97. The van der Waals surface area contributed by atoms with Gasteiger partial charge in [-0.25, -0.2) is 0 Å². The minimum absolute atomic E-state index is 0.737. The average Bonchev–Trinajstić information content (AvgIpc) is 3.03. The third-order valence-electron chi connectivity index (χ3n) is 4.77. The number of thioether (sulfide) groups is 1. The van der Waals surface area contributed by atoms with Crippen molar-refractivity contribution >= 4 is 11.8 Å². The third-order valence-corrected chi connectivity index (χ3v) is 5.52. The van der Waals surface area contributed by atoms with Crippen molar-refractivity contribution in [3.8, 4) is 0 Å². The maximum absolute atomic E-state index is 3.72. The van der Waals surface area contributed by atoms with Crippen molar-refractivity contribution in [2.75, 3.05) is 19.3 Å². The van der Waals surface area contributed by atoms with Gasteiger partial charge in [0.2, 0.25) is 0 Å². The fraction of sp³-hybridized carbons (Fsp3) is 0.647. The molecule has 1 aromatic rings. The summed E-state index contributed by atoms with van der Waals surface area (Å²) in [5.74, 6) is 0. The second-order valence-corrected chi connectivity index (χ2v) is 6.96. The van der Waals surface area contributed by atoms with E-state index in [0.717, 1.165) is 18.6 Å². The molecule has 2 aliphatic heterocycles. The highest BCUT2D eigenvalue weighted by Crippen LogP contribution is 2.26. The van der Waals surface area contributed by atoms with Gasteiger partial charge >= 0.3 is 0 Å². The lowest BCUT2D eigenvalue weighted by Gasteiger charge is -2.39. The highest BCUT2D eigenvalue weighted by Gasteiger charge is 2.31. The van der Waals surface area contributed by atoms with E-state index in [0.29, 0.717) is 0 Å². The van der Waals surface area contributed by atoms with Gasteiger partial charge in [0.05, 0.1) is 0 Å². The van der Waals surface area contributed by atoms with Crippen LogP contribution in [-0.2, 0) is 6.54 Å². The van der Waals surface area contributed by atoms with Gasteiger partial charge in [-0.2, -0.15) is 0 Å². The van der Waals surface area contributed by atoms with E-state index in [1.807, 2.05) is 11.8 Å². The van der Waals surface area contributed by atoms with Crippen LogP contribution in [0, 0.1) is 0 Å². The van der Waals surface area contributed by atoms with Gasteiger partial charge in [-0.15, -0.1) is 11.8 Å². The largest absolute Gasteiger partial charge is 0.312 e. The number of piperidine rings is 1. The van der Waals surface area contributed by atoms with Gasteiger partial charge in [0.1, 0.15) is 0 Å². The summed E-state index contributed by atoms with van der Waals surface area (Å²) < 4.78 is 0. The molecule has 2 aliphatic rings. The Kier molecular flexibility index (Phi) is 5.03. The molecule has 0 aliphatic carbocycles.